The minimum atomic E-state index is -0.495. The maximum absolute atomic E-state index is 13.3. The molecule has 0 saturated heterocycles. The number of carbonyl (C=O) groups excluding carboxylic acids is 1. The summed E-state index contributed by atoms with van der Waals surface area (Å²) in [6.45, 7) is 6.16. The topological polar surface area (TPSA) is 69.4 Å². The van der Waals surface area contributed by atoms with Gasteiger partial charge in [-0.05, 0) is 60.4 Å². The van der Waals surface area contributed by atoms with Crippen LogP contribution in [-0.4, -0.2) is 11.0 Å². The van der Waals surface area contributed by atoms with E-state index in [2.05, 4.69) is 13.8 Å². The van der Waals surface area contributed by atoms with Gasteiger partial charge in [-0.15, -0.1) is 11.3 Å². The Balaban J connectivity index is 1.53. The van der Waals surface area contributed by atoms with Gasteiger partial charge in [-0.1, -0.05) is 43.6 Å². The molecular weight excluding hydrogens is 482 g/mol. The lowest BCUT2D eigenvalue weighted by Crippen LogP contribution is -2.09. The minimum absolute atomic E-state index is 0.0572. The predicted octanol–water partition coefficient (Wildman–Crippen LogP) is 7.51. The summed E-state index contributed by atoms with van der Waals surface area (Å²) >= 11 is 7.51. The highest BCUT2D eigenvalue weighted by atomic mass is 35.5. The maximum Gasteiger partial charge on any atom is 0.339 e. The van der Waals surface area contributed by atoms with Gasteiger partial charge in [0.15, 0.2) is 0 Å². The molecule has 7 heteroatoms. The minimum Gasteiger partial charge on any atom is -0.457 e. The Morgan fingerprint density at radius 3 is 2.63 bits per heavy atom. The van der Waals surface area contributed by atoms with Crippen LogP contribution in [0.5, 0.6) is 0 Å². The van der Waals surface area contributed by atoms with Crippen molar-refractivity contribution >= 4 is 50.8 Å². The van der Waals surface area contributed by atoms with E-state index in [1.54, 1.807) is 12.1 Å². The van der Waals surface area contributed by atoms with Crippen molar-refractivity contribution in [2.75, 3.05) is 0 Å². The van der Waals surface area contributed by atoms with Crippen LogP contribution in [0.1, 0.15) is 46.8 Å². The summed E-state index contributed by atoms with van der Waals surface area (Å²) in [4.78, 5) is 31.1. The van der Waals surface area contributed by atoms with Crippen molar-refractivity contribution in [1.29, 1.82) is 0 Å². The van der Waals surface area contributed by atoms with Gasteiger partial charge >= 0.3 is 11.6 Å². The molecule has 5 aromatic rings. The number of hydrogen-bond acceptors (Lipinski definition) is 6. The summed E-state index contributed by atoms with van der Waals surface area (Å²) in [5.74, 6) is -0.195. The van der Waals surface area contributed by atoms with Crippen LogP contribution < -0.4 is 5.63 Å². The van der Waals surface area contributed by atoms with Crippen LogP contribution in [0, 0.1) is 6.92 Å². The molecule has 5 nitrogen and oxygen atoms in total. The third-order valence-corrected chi connectivity index (χ3v) is 7.21. The van der Waals surface area contributed by atoms with Gasteiger partial charge in [0.05, 0.1) is 26.0 Å². The third kappa shape index (κ3) is 4.59. The highest BCUT2D eigenvalue weighted by Crippen LogP contribution is 2.33. The van der Waals surface area contributed by atoms with Gasteiger partial charge in [-0.2, -0.15) is 0 Å². The molecule has 0 saturated carbocycles. The fraction of sp³-hybridized carbons (Fsp3) is 0.179. The van der Waals surface area contributed by atoms with E-state index in [1.165, 1.54) is 17.4 Å². The van der Waals surface area contributed by atoms with Crippen molar-refractivity contribution in [1.82, 2.24) is 4.98 Å². The number of benzene rings is 2. The monoisotopic (exact) mass is 503 g/mol. The number of aromatic nitrogens is 1. The normalized spacial score (nSPS) is 11.5. The molecule has 0 radical (unpaired) electrons. The first-order valence-electron chi connectivity index (χ1n) is 11.2. The fourth-order valence-electron chi connectivity index (χ4n) is 4.28. The SMILES string of the molecule is Cc1cc2oc(=O)cc(COC(=O)c3cc(-c4ccc(Cl)s4)nc4ccccc34)c2cc1C(C)C. The second-order valence-corrected chi connectivity index (χ2v) is 10.4. The average Bonchev–Trinajstić information content (AvgIpc) is 3.27. The summed E-state index contributed by atoms with van der Waals surface area (Å²) < 4.78 is 11.8. The smallest absolute Gasteiger partial charge is 0.339 e. The van der Waals surface area contributed by atoms with Crippen LogP contribution in [0.3, 0.4) is 0 Å². The molecule has 0 spiro atoms. The molecule has 2 aromatic carbocycles. The van der Waals surface area contributed by atoms with E-state index in [1.807, 2.05) is 49.4 Å². The summed E-state index contributed by atoms with van der Waals surface area (Å²) in [7, 11) is 0. The number of fused-ring (bicyclic) bond motifs is 2. The number of thiophene rings is 1. The largest absolute Gasteiger partial charge is 0.457 e. The van der Waals surface area contributed by atoms with Crippen molar-refractivity contribution in [3.8, 4) is 10.6 Å². The molecule has 35 heavy (non-hydrogen) atoms. The Hall–Kier alpha value is -3.48. The van der Waals surface area contributed by atoms with Gasteiger partial charge in [-0.25, -0.2) is 14.6 Å². The molecule has 3 aromatic heterocycles. The zero-order valence-electron chi connectivity index (χ0n) is 19.4. The van der Waals surface area contributed by atoms with E-state index in [0.717, 1.165) is 21.4 Å². The van der Waals surface area contributed by atoms with Crippen molar-refractivity contribution in [3.05, 3.63) is 97.7 Å². The van der Waals surface area contributed by atoms with Crippen LogP contribution in [-0.2, 0) is 11.3 Å². The Kier molecular flexibility index (Phi) is 6.17. The average molecular weight is 504 g/mol. The van der Waals surface area contributed by atoms with E-state index < -0.39 is 11.6 Å². The molecule has 0 fully saturated rings. The number of ether oxygens (including phenoxy) is 1. The maximum atomic E-state index is 13.3. The van der Waals surface area contributed by atoms with Crippen LogP contribution in [0.25, 0.3) is 32.4 Å². The van der Waals surface area contributed by atoms with Gasteiger partial charge in [-0.3, -0.25) is 0 Å². The van der Waals surface area contributed by atoms with Crippen molar-refractivity contribution in [2.45, 2.75) is 33.3 Å². The number of hydrogen-bond donors (Lipinski definition) is 0. The number of carbonyl (C=O) groups is 1. The molecule has 5 rings (SSSR count). The van der Waals surface area contributed by atoms with E-state index in [0.29, 0.717) is 43.6 Å². The zero-order valence-corrected chi connectivity index (χ0v) is 21.0. The number of pyridine rings is 1. The van der Waals surface area contributed by atoms with Crippen LogP contribution >= 0.6 is 22.9 Å². The fourth-order valence-corrected chi connectivity index (χ4v) is 5.28. The molecule has 0 atom stereocenters. The first-order valence-corrected chi connectivity index (χ1v) is 12.4. The number of aryl methyl sites for hydroxylation is 1. The quantitative estimate of drug-likeness (QED) is 0.183. The molecule has 0 aliphatic carbocycles. The van der Waals surface area contributed by atoms with Crippen molar-refractivity contribution in [2.24, 2.45) is 0 Å². The number of esters is 1. The lowest BCUT2D eigenvalue weighted by molar-refractivity contribution is 0.0476. The standard InChI is InChI=1S/C28H22ClNO4S/c1-15(2)19-12-20-17(11-27(31)34-24(20)10-16(19)3)14-33-28(32)21-13-23(25-8-9-26(29)35-25)30-22-7-5-4-6-18(21)22/h4-13,15H,14H2,1-3H3. The molecular formula is C28H22ClNO4S. The number of rotatable bonds is 5. The van der Waals surface area contributed by atoms with Crippen molar-refractivity contribution < 1.29 is 13.9 Å². The highest BCUT2D eigenvalue weighted by molar-refractivity contribution is 7.19. The molecule has 0 bridgehead atoms. The summed E-state index contributed by atoms with van der Waals surface area (Å²) in [5.41, 5.74) is 4.55. The first-order chi connectivity index (χ1) is 16.8. The predicted molar refractivity (Wildman–Crippen MR) is 140 cm³/mol. The van der Waals surface area contributed by atoms with E-state index in [9.17, 15) is 9.59 Å². The molecule has 0 aliphatic heterocycles. The van der Waals surface area contributed by atoms with Gasteiger partial charge in [0.2, 0.25) is 0 Å². The third-order valence-electron chi connectivity index (χ3n) is 5.96. The molecule has 0 amide bonds. The first kappa shape index (κ1) is 23.3. The van der Waals surface area contributed by atoms with Crippen LogP contribution in [0.4, 0.5) is 0 Å². The second-order valence-electron chi connectivity index (χ2n) is 8.70. The Labute approximate surface area is 211 Å². The van der Waals surface area contributed by atoms with Crippen LogP contribution in [0.15, 0.2) is 69.9 Å². The molecule has 3 heterocycles. The van der Waals surface area contributed by atoms with Gasteiger partial charge in [0, 0.05) is 22.4 Å². The Morgan fingerprint density at radius 1 is 1.09 bits per heavy atom. The zero-order chi connectivity index (χ0) is 24.7. The number of para-hydroxylation sites is 1. The van der Waals surface area contributed by atoms with Crippen molar-refractivity contribution in [3.63, 3.8) is 0 Å². The van der Waals surface area contributed by atoms with Gasteiger partial charge in [0.25, 0.3) is 0 Å². The summed E-state index contributed by atoms with van der Waals surface area (Å²) in [5, 5.41) is 1.46. The lowest BCUT2D eigenvalue weighted by atomic mass is 9.95. The van der Waals surface area contributed by atoms with E-state index in [-0.39, 0.29) is 6.61 Å². The Bertz CT molecular complexity index is 1650. The molecule has 176 valence electrons. The van der Waals surface area contributed by atoms with Gasteiger partial charge in [0.1, 0.15) is 12.2 Å². The summed E-state index contributed by atoms with van der Waals surface area (Å²) in [6.07, 6.45) is 0. The molecule has 0 N–H and O–H groups in total. The lowest BCUT2D eigenvalue weighted by Gasteiger charge is -2.13. The Morgan fingerprint density at radius 2 is 1.89 bits per heavy atom. The number of nitrogens with zero attached hydrogens (tertiary/aromatic N) is 1. The molecule has 0 unspecified atom stereocenters. The van der Waals surface area contributed by atoms with E-state index >= 15 is 0 Å². The van der Waals surface area contributed by atoms with Crippen LogP contribution in [0.2, 0.25) is 4.34 Å². The highest BCUT2D eigenvalue weighted by Gasteiger charge is 2.18. The summed E-state index contributed by atoms with van der Waals surface area (Å²) in [6, 6.07) is 18.1. The second kappa shape index (κ2) is 9.29. The molecule has 0 aliphatic rings. The van der Waals surface area contributed by atoms with E-state index in [4.69, 9.17) is 25.7 Å². The van der Waals surface area contributed by atoms with Gasteiger partial charge < -0.3 is 9.15 Å². The number of halogens is 1.